The fourth-order valence-electron chi connectivity index (χ4n) is 5.87. The van der Waals surface area contributed by atoms with E-state index in [0.717, 1.165) is 36.2 Å². The Morgan fingerprint density at radius 3 is 2.32 bits per heavy atom. The van der Waals surface area contributed by atoms with Gasteiger partial charge in [-0.3, -0.25) is 23.7 Å². The largest absolute Gasteiger partial charge is 0.462 e. The SMILES string of the molecule is CCOC(=O)c1ccc(N2C(=O)C3Sc4c(sc(=O)n4CC(=O)N4CCCCC4)C(c4ccccc4)C3C2=O)cc1. The molecule has 3 aliphatic heterocycles. The Morgan fingerprint density at radius 1 is 0.927 bits per heavy atom. The summed E-state index contributed by atoms with van der Waals surface area (Å²) < 4.78 is 6.53. The molecule has 0 spiro atoms. The third-order valence-corrected chi connectivity index (χ3v) is 10.5. The molecule has 0 N–H and O–H groups in total. The number of anilines is 1. The van der Waals surface area contributed by atoms with Crippen molar-refractivity contribution < 1.29 is 23.9 Å². The minimum atomic E-state index is -0.768. The van der Waals surface area contributed by atoms with E-state index in [4.69, 9.17) is 4.74 Å². The summed E-state index contributed by atoms with van der Waals surface area (Å²) in [5, 5.41) is -0.184. The number of carbonyl (C=O) groups is 4. The molecule has 212 valence electrons. The van der Waals surface area contributed by atoms with Crippen LogP contribution in [0, 0.1) is 5.92 Å². The van der Waals surface area contributed by atoms with Crippen molar-refractivity contribution in [3.05, 3.63) is 80.3 Å². The molecule has 0 bridgehead atoms. The Morgan fingerprint density at radius 2 is 1.63 bits per heavy atom. The summed E-state index contributed by atoms with van der Waals surface area (Å²) in [6.07, 6.45) is 2.99. The molecule has 2 aromatic carbocycles. The maximum absolute atomic E-state index is 14.0. The Balaban J connectivity index is 1.37. The van der Waals surface area contributed by atoms with Gasteiger partial charge in [-0.15, -0.1) is 0 Å². The van der Waals surface area contributed by atoms with Gasteiger partial charge in [-0.2, -0.15) is 0 Å². The first-order valence-corrected chi connectivity index (χ1v) is 15.5. The van der Waals surface area contributed by atoms with Crippen LogP contribution in [0.5, 0.6) is 0 Å². The lowest BCUT2D eigenvalue weighted by Gasteiger charge is -2.31. The van der Waals surface area contributed by atoms with Crippen LogP contribution in [0.25, 0.3) is 0 Å². The minimum Gasteiger partial charge on any atom is -0.462 e. The first kappa shape index (κ1) is 27.5. The standard InChI is InChI=1S/C30H29N3O6S2/c1-2-39-29(37)19-11-13-20(14-12-19)33-26(35)23-22(18-9-5-3-6-10-18)25-28(40-24(23)27(33)36)32(30(38)41-25)17-21(34)31-15-7-4-8-16-31/h3,5-6,9-14,22-24H,2,4,7-8,15-17H2,1H3. The Hall–Kier alpha value is -3.70. The number of fused-ring (bicyclic) bond motifs is 2. The van der Waals surface area contributed by atoms with E-state index in [2.05, 4.69) is 0 Å². The number of carbonyl (C=O) groups excluding carboxylic acids is 4. The lowest BCUT2D eigenvalue weighted by molar-refractivity contribution is -0.133. The number of thiazole rings is 1. The van der Waals surface area contributed by atoms with Gasteiger partial charge in [0.15, 0.2) is 0 Å². The molecule has 9 nitrogen and oxygen atoms in total. The Bertz CT molecular complexity index is 1560. The average Bonchev–Trinajstić information content (AvgIpc) is 3.44. The second-order valence-corrected chi connectivity index (χ2v) is 12.4. The molecule has 0 radical (unpaired) electrons. The molecule has 0 saturated carbocycles. The Labute approximate surface area is 245 Å². The fourth-order valence-corrected chi connectivity index (χ4v) is 8.64. The molecule has 3 aliphatic rings. The van der Waals surface area contributed by atoms with Crippen molar-refractivity contribution in [3.63, 3.8) is 0 Å². The van der Waals surface area contributed by atoms with E-state index in [1.165, 1.54) is 21.2 Å². The van der Waals surface area contributed by atoms with Gasteiger partial charge in [-0.05, 0) is 56.0 Å². The molecular weight excluding hydrogens is 562 g/mol. The molecule has 3 amide bonds. The number of likely N-dealkylation sites (tertiary alicyclic amines) is 1. The van der Waals surface area contributed by atoms with Crippen LogP contribution >= 0.6 is 23.1 Å². The number of amides is 3. The first-order chi connectivity index (χ1) is 19.9. The molecule has 41 heavy (non-hydrogen) atoms. The number of esters is 1. The maximum Gasteiger partial charge on any atom is 0.338 e. The van der Waals surface area contributed by atoms with Gasteiger partial charge in [0.05, 0.1) is 28.8 Å². The van der Waals surface area contributed by atoms with E-state index in [-0.39, 0.29) is 35.7 Å². The summed E-state index contributed by atoms with van der Waals surface area (Å²) in [4.78, 5) is 69.9. The van der Waals surface area contributed by atoms with E-state index in [1.807, 2.05) is 30.3 Å². The van der Waals surface area contributed by atoms with Gasteiger partial charge in [0.25, 0.3) is 0 Å². The van der Waals surface area contributed by atoms with Crippen molar-refractivity contribution in [2.45, 2.75) is 48.9 Å². The highest BCUT2D eigenvalue weighted by Gasteiger charge is 2.56. The number of nitrogens with zero attached hydrogens (tertiary/aromatic N) is 3. The van der Waals surface area contributed by atoms with Crippen LogP contribution in [0.4, 0.5) is 5.69 Å². The number of hydrogen-bond acceptors (Lipinski definition) is 8. The van der Waals surface area contributed by atoms with E-state index < -0.39 is 23.1 Å². The molecule has 11 heteroatoms. The van der Waals surface area contributed by atoms with Crippen LogP contribution < -0.4 is 9.77 Å². The number of aromatic nitrogens is 1. The van der Waals surface area contributed by atoms with Crippen LogP contribution in [0.1, 0.15) is 52.9 Å². The van der Waals surface area contributed by atoms with Gasteiger partial charge in [-0.25, -0.2) is 9.69 Å². The Kier molecular flexibility index (Phi) is 7.56. The summed E-state index contributed by atoms with van der Waals surface area (Å²) in [5.74, 6) is -2.56. The highest BCUT2D eigenvalue weighted by Crippen LogP contribution is 2.53. The van der Waals surface area contributed by atoms with E-state index >= 15 is 0 Å². The normalized spacial score (nSPS) is 21.9. The van der Waals surface area contributed by atoms with Crippen LogP contribution in [-0.4, -0.2) is 58.1 Å². The molecule has 2 fully saturated rings. The van der Waals surface area contributed by atoms with Gasteiger partial charge >= 0.3 is 10.8 Å². The lowest BCUT2D eigenvalue weighted by atomic mass is 9.83. The van der Waals surface area contributed by atoms with Crippen molar-refractivity contribution in [2.24, 2.45) is 5.92 Å². The topological polar surface area (TPSA) is 106 Å². The molecule has 6 rings (SSSR count). The number of benzene rings is 2. The van der Waals surface area contributed by atoms with Gasteiger partial charge in [-0.1, -0.05) is 53.4 Å². The summed E-state index contributed by atoms with van der Waals surface area (Å²) in [6, 6.07) is 15.7. The lowest BCUT2D eigenvalue weighted by Crippen LogP contribution is -2.39. The second-order valence-electron chi connectivity index (χ2n) is 10.3. The maximum atomic E-state index is 14.0. The van der Waals surface area contributed by atoms with Crippen LogP contribution in [0.2, 0.25) is 0 Å². The van der Waals surface area contributed by atoms with Gasteiger partial charge in [0.2, 0.25) is 17.7 Å². The highest BCUT2D eigenvalue weighted by atomic mass is 32.2. The van der Waals surface area contributed by atoms with Crippen molar-refractivity contribution in [1.29, 1.82) is 0 Å². The number of piperidine rings is 1. The van der Waals surface area contributed by atoms with Crippen molar-refractivity contribution in [2.75, 3.05) is 24.6 Å². The number of thioether (sulfide) groups is 1. The summed E-state index contributed by atoms with van der Waals surface area (Å²) >= 11 is 2.25. The number of ether oxygens (including phenoxy) is 1. The first-order valence-electron chi connectivity index (χ1n) is 13.8. The molecule has 4 heterocycles. The number of rotatable bonds is 6. The average molecular weight is 592 g/mol. The highest BCUT2D eigenvalue weighted by molar-refractivity contribution is 8.00. The minimum absolute atomic E-state index is 0.0856. The van der Waals surface area contributed by atoms with Gasteiger partial charge in [0.1, 0.15) is 11.8 Å². The molecule has 0 aliphatic carbocycles. The molecule has 2 saturated heterocycles. The van der Waals surface area contributed by atoms with Crippen LogP contribution in [-0.2, 0) is 25.7 Å². The third kappa shape index (κ3) is 4.91. The van der Waals surface area contributed by atoms with Crippen LogP contribution in [0.3, 0.4) is 0 Å². The molecule has 1 aromatic heterocycles. The number of hydrogen-bond donors (Lipinski definition) is 0. The van der Waals surface area contributed by atoms with Crippen molar-refractivity contribution in [3.8, 4) is 0 Å². The van der Waals surface area contributed by atoms with Gasteiger partial charge in [0, 0.05) is 23.9 Å². The van der Waals surface area contributed by atoms with Gasteiger partial charge < -0.3 is 9.64 Å². The quantitative estimate of drug-likeness (QED) is 0.316. The summed E-state index contributed by atoms with van der Waals surface area (Å²) in [5.41, 5.74) is 1.53. The zero-order valence-corrected chi connectivity index (χ0v) is 24.1. The monoisotopic (exact) mass is 591 g/mol. The van der Waals surface area contributed by atoms with Crippen molar-refractivity contribution in [1.82, 2.24) is 9.47 Å². The smallest absolute Gasteiger partial charge is 0.338 e. The molecular formula is C30H29N3O6S2. The van der Waals surface area contributed by atoms with Crippen molar-refractivity contribution >= 4 is 52.5 Å². The number of imide groups is 1. The summed E-state index contributed by atoms with van der Waals surface area (Å²) in [7, 11) is 0. The predicted molar refractivity (Wildman–Crippen MR) is 155 cm³/mol. The molecule has 3 atom stereocenters. The third-order valence-electron chi connectivity index (χ3n) is 7.85. The van der Waals surface area contributed by atoms with Crippen LogP contribution in [0.15, 0.2) is 64.4 Å². The molecule has 3 aromatic rings. The zero-order chi connectivity index (χ0) is 28.7. The van der Waals surface area contributed by atoms with E-state index in [0.29, 0.717) is 34.2 Å². The van der Waals surface area contributed by atoms with E-state index in [1.54, 1.807) is 36.1 Å². The fraction of sp³-hybridized carbons (Fsp3) is 0.367. The predicted octanol–water partition coefficient (Wildman–Crippen LogP) is 3.89. The zero-order valence-electron chi connectivity index (χ0n) is 22.5. The van der Waals surface area contributed by atoms with E-state index in [9.17, 15) is 24.0 Å². The second kappa shape index (κ2) is 11.3. The summed E-state index contributed by atoms with van der Waals surface area (Å²) in [6.45, 7) is 3.24. The molecule has 3 unspecified atom stereocenters.